The second-order valence-corrected chi connectivity index (χ2v) is 23.0. The van der Waals surface area contributed by atoms with E-state index in [0.29, 0.717) is 42.6 Å². The standard InChI is InChI=1S/C26H48N2O6S.C19H37N5O3.C7H12.C4H8.C3H9N/c1-10-12-21(14-18(6)25(31)32)27-26(33)35-19(7)23(34-20(8)29)15-22(16(3)4)28(9)24(30)13-17(5)11-2;1-12(2)16(20)19(27)23-14(4)18(26)22-10-13(3)11-24(5)9-7-6-8-15(24)17(21)25;1-3-5-7-6-4-2;1-3-4-2;1-2-3-4/h16-19,21-23H,10-15H2,1-9H3,(H,27,33)(H,31,32);12-16H,6-11,20H2,1-5H3,(H3-,21,22,23,25,26,27);3,5,7H,1,4,6H2,2H3;3-4H,1-2H3;2-4H2,1H3/p+1/b;;7-5-;4-3-;/t;13?,14?,15-,16+,24?;;;/m.1.../s1. The SMILES string of the molecule is C/C=C\C.C=C/C=C\CCC.CC(CNC(=O)C(C)NC(=O)[C@@H](N)C(C)C)C[N+]1(C)CCCC[C@@H]1C(N)=O.CCCC(CC(C)C(=O)O)NC(=O)SC(C)C(CC(C(C)C)N(C)C(=O)CC(C)CC)OC(C)=O.CCCN. The molecule has 10 N–H and O–H groups in total. The summed E-state index contributed by atoms with van der Waals surface area (Å²) in [7, 11) is 3.87. The number of rotatable bonds is 29. The van der Waals surface area contributed by atoms with Crippen molar-refractivity contribution in [3.63, 3.8) is 0 Å². The fourth-order valence-corrected chi connectivity index (χ4v) is 9.08. The lowest BCUT2D eigenvalue weighted by Gasteiger charge is -2.44. The highest BCUT2D eigenvalue weighted by molar-refractivity contribution is 8.14. The van der Waals surface area contributed by atoms with E-state index in [1.165, 1.54) is 19.8 Å². The quantitative estimate of drug-likeness (QED) is 0.0160. The van der Waals surface area contributed by atoms with E-state index in [1.54, 1.807) is 31.9 Å². The Morgan fingerprint density at radius 3 is 1.88 bits per heavy atom. The molecule has 450 valence electrons. The van der Waals surface area contributed by atoms with E-state index in [0.717, 1.165) is 69.9 Å². The first kappa shape index (κ1) is 79.2. The smallest absolute Gasteiger partial charge is 0.306 e. The van der Waals surface area contributed by atoms with Crippen molar-refractivity contribution in [1.29, 1.82) is 0 Å². The van der Waals surface area contributed by atoms with Crippen LogP contribution in [0.15, 0.2) is 37.0 Å². The zero-order valence-corrected chi connectivity index (χ0v) is 52.4. The Morgan fingerprint density at radius 1 is 0.857 bits per heavy atom. The molecule has 5 amide bonds. The van der Waals surface area contributed by atoms with Gasteiger partial charge < -0.3 is 52.4 Å². The lowest BCUT2D eigenvalue weighted by molar-refractivity contribution is -0.932. The number of carbonyl (C=O) groups excluding carboxylic acids is 6. The van der Waals surface area contributed by atoms with Crippen LogP contribution in [-0.2, 0) is 33.5 Å². The lowest BCUT2D eigenvalue weighted by Crippen LogP contribution is -2.62. The van der Waals surface area contributed by atoms with Gasteiger partial charge in [-0.15, -0.1) is 0 Å². The van der Waals surface area contributed by atoms with E-state index >= 15 is 0 Å². The fourth-order valence-electron chi connectivity index (χ4n) is 8.19. The minimum absolute atomic E-state index is 0.00694. The summed E-state index contributed by atoms with van der Waals surface area (Å²) in [6, 6.07) is -1.82. The van der Waals surface area contributed by atoms with Crippen molar-refractivity contribution < 1.29 is 47.9 Å². The van der Waals surface area contributed by atoms with Gasteiger partial charge in [0.2, 0.25) is 17.7 Å². The number of carbonyl (C=O) groups is 7. The summed E-state index contributed by atoms with van der Waals surface area (Å²) in [6.45, 7) is 37.2. The van der Waals surface area contributed by atoms with Gasteiger partial charge in [0.1, 0.15) is 12.1 Å². The van der Waals surface area contributed by atoms with E-state index in [-0.39, 0.29) is 70.0 Å². The molecule has 17 nitrogen and oxygen atoms in total. The molecule has 1 aliphatic heterocycles. The second kappa shape index (κ2) is 46.6. The molecule has 1 fully saturated rings. The Bertz CT molecular complexity index is 1710. The Balaban J connectivity index is -0.000000554. The molecule has 77 heavy (non-hydrogen) atoms. The van der Waals surface area contributed by atoms with Crippen LogP contribution in [0.5, 0.6) is 0 Å². The molecule has 0 bridgehead atoms. The number of carboxylic acid groups (broad SMARTS) is 1. The van der Waals surface area contributed by atoms with Crippen molar-refractivity contribution in [2.24, 2.45) is 46.8 Å². The highest BCUT2D eigenvalue weighted by Gasteiger charge is 2.40. The van der Waals surface area contributed by atoms with E-state index in [4.69, 9.17) is 21.9 Å². The van der Waals surface area contributed by atoms with Crippen molar-refractivity contribution in [1.82, 2.24) is 20.9 Å². The van der Waals surface area contributed by atoms with Gasteiger partial charge in [-0.1, -0.05) is 144 Å². The van der Waals surface area contributed by atoms with Crippen LogP contribution in [0.3, 0.4) is 0 Å². The number of nitrogens with one attached hydrogen (secondary N) is 3. The molecule has 0 spiro atoms. The third-order valence-corrected chi connectivity index (χ3v) is 14.5. The number of hydrogen-bond donors (Lipinski definition) is 7. The van der Waals surface area contributed by atoms with E-state index < -0.39 is 36.0 Å². The van der Waals surface area contributed by atoms with E-state index in [9.17, 15) is 38.7 Å². The number of unbranched alkanes of at least 4 members (excludes halogenated alkanes) is 1. The number of aliphatic carboxylic acids is 1. The first-order valence-electron chi connectivity index (χ1n) is 28.6. The molecule has 1 heterocycles. The number of piperidine rings is 1. The van der Waals surface area contributed by atoms with Gasteiger partial charge in [-0.25, -0.2) is 0 Å². The largest absolute Gasteiger partial charge is 0.481 e. The van der Waals surface area contributed by atoms with Gasteiger partial charge in [-0.3, -0.25) is 33.6 Å². The molecule has 0 saturated carbocycles. The van der Waals surface area contributed by atoms with Gasteiger partial charge in [-0.2, -0.15) is 0 Å². The number of hydrogen-bond acceptors (Lipinski definition) is 11. The van der Waals surface area contributed by atoms with Crippen molar-refractivity contribution in [3.8, 4) is 0 Å². The number of nitrogens with zero attached hydrogens (tertiary/aromatic N) is 2. The Labute approximate surface area is 472 Å². The van der Waals surface area contributed by atoms with Crippen molar-refractivity contribution in [2.75, 3.05) is 40.3 Å². The summed E-state index contributed by atoms with van der Waals surface area (Å²) >= 11 is 1.05. The zero-order chi connectivity index (χ0) is 60.4. The molecule has 0 aromatic rings. The van der Waals surface area contributed by atoms with Gasteiger partial charge in [0.25, 0.3) is 11.1 Å². The monoisotopic (exact) mass is 1110 g/mol. The summed E-state index contributed by atoms with van der Waals surface area (Å²) in [5.74, 6) is -2.00. The molecule has 0 radical (unpaired) electrons. The third kappa shape index (κ3) is 38.9. The number of amides is 5. The Morgan fingerprint density at radius 2 is 1.44 bits per heavy atom. The highest BCUT2D eigenvalue weighted by Crippen LogP contribution is 2.28. The number of quaternary nitrogens is 1. The van der Waals surface area contributed by atoms with Crippen molar-refractivity contribution in [3.05, 3.63) is 37.0 Å². The molecule has 0 aromatic carbocycles. The molecular weight excluding hydrogens is 997 g/mol. The van der Waals surface area contributed by atoms with E-state index in [2.05, 4.69) is 63.3 Å². The van der Waals surface area contributed by atoms with Gasteiger partial charge in [-0.05, 0) is 90.5 Å². The van der Waals surface area contributed by atoms with Crippen LogP contribution < -0.4 is 33.2 Å². The summed E-state index contributed by atoms with van der Waals surface area (Å²) < 4.78 is 6.25. The van der Waals surface area contributed by atoms with Crippen LogP contribution in [0.1, 0.15) is 188 Å². The molecule has 0 aromatic heterocycles. The van der Waals surface area contributed by atoms with Gasteiger partial charge in [0.05, 0.1) is 32.1 Å². The summed E-state index contributed by atoms with van der Waals surface area (Å²) in [4.78, 5) is 86.5. The highest BCUT2D eigenvalue weighted by atomic mass is 32.2. The Hall–Kier alpha value is -4.26. The van der Waals surface area contributed by atoms with Crippen LogP contribution in [-0.4, -0.2) is 137 Å². The number of allylic oxidation sites excluding steroid dienone is 5. The number of nitrogens with two attached hydrogens (primary N) is 3. The average Bonchev–Trinajstić information content (AvgIpc) is 3.36. The molecule has 1 aliphatic rings. The normalized spacial score (nSPS) is 18.4. The van der Waals surface area contributed by atoms with Crippen LogP contribution in [0, 0.1) is 29.6 Å². The topological polar surface area (TPSA) is 266 Å². The van der Waals surface area contributed by atoms with Gasteiger partial charge in [0, 0.05) is 63.0 Å². The molecule has 11 atom stereocenters. The summed E-state index contributed by atoms with van der Waals surface area (Å²) in [5.41, 5.74) is 16.4. The van der Waals surface area contributed by atoms with Gasteiger partial charge >= 0.3 is 11.9 Å². The molecule has 18 heteroatoms. The minimum atomic E-state index is -0.886. The van der Waals surface area contributed by atoms with Crippen LogP contribution >= 0.6 is 11.8 Å². The van der Waals surface area contributed by atoms with Crippen molar-refractivity contribution >= 4 is 52.6 Å². The third-order valence-electron chi connectivity index (χ3n) is 13.5. The number of likely N-dealkylation sites (tertiary alicyclic amines) is 1. The number of esters is 1. The number of primary amides is 1. The predicted molar refractivity (Wildman–Crippen MR) is 321 cm³/mol. The average molecular weight is 1110 g/mol. The lowest BCUT2D eigenvalue weighted by atomic mass is 9.94. The van der Waals surface area contributed by atoms with Crippen molar-refractivity contribution in [2.45, 2.75) is 229 Å². The first-order valence-corrected chi connectivity index (χ1v) is 29.5. The summed E-state index contributed by atoms with van der Waals surface area (Å²) in [6.07, 6.45) is 19.4. The zero-order valence-electron chi connectivity index (χ0n) is 51.6. The summed E-state index contributed by atoms with van der Waals surface area (Å²) in [5, 5.41) is 17.1. The number of carboxylic acids is 1. The Kier molecular flexibility index (Phi) is 48.0. The maximum absolute atomic E-state index is 12.8. The van der Waals surface area contributed by atoms with Crippen LogP contribution in [0.2, 0.25) is 0 Å². The number of likely N-dealkylation sites (N-methyl/N-ethyl adjacent to an activating group) is 1. The van der Waals surface area contributed by atoms with Crippen LogP contribution in [0.25, 0.3) is 0 Å². The van der Waals surface area contributed by atoms with Gasteiger partial charge in [0.15, 0.2) is 6.04 Å². The maximum atomic E-state index is 12.8. The number of thioether (sulfide) groups is 1. The second-order valence-electron chi connectivity index (χ2n) is 21.7. The van der Waals surface area contributed by atoms with E-state index in [1.807, 2.05) is 80.5 Å². The first-order chi connectivity index (χ1) is 35.9. The molecule has 9 unspecified atom stereocenters. The predicted octanol–water partition coefficient (Wildman–Crippen LogP) is 9.52. The molecular formula is C59H115N8O9S+. The number of ether oxygens (including phenoxy) is 1. The minimum Gasteiger partial charge on any atom is -0.481 e. The van der Waals surface area contributed by atoms with Crippen LogP contribution in [0.4, 0.5) is 4.79 Å². The molecule has 0 aliphatic carbocycles. The molecule has 1 rings (SSSR count). The fraction of sp³-hybridized carbons (Fsp3) is 0.780. The maximum Gasteiger partial charge on any atom is 0.306 e. The molecule has 1 saturated heterocycles.